The van der Waals surface area contributed by atoms with Crippen molar-refractivity contribution in [2.24, 2.45) is 0 Å². The molecule has 42 heavy (non-hydrogen) atoms. The number of fused-ring (bicyclic) bond motifs is 7. The molecule has 2 unspecified atom stereocenters. The molecular weight excluding hydrogens is 531 g/mol. The Hall–Kier alpha value is -4.90. The highest BCUT2D eigenvalue weighted by Crippen LogP contribution is 2.42. The van der Waals surface area contributed by atoms with Gasteiger partial charge in [0.1, 0.15) is 0 Å². The van der Waals surface area contributed by atoms with Crippen molar-refractivity contribution < 1.29 is 0 Å². The molecule has 4 heteroatoms. The predicted molar refractivity (Wildman–Crippen MR) is 178 cm³/mol. The Morgan fingerprint density at radius 3 is 2.21 bits per heavy atom. The number of benzene rings is 6. The van der Waals surface area contributed by atoms with Crippen LogP contribution in [0, 0.1) is 0 Å². The maximum atomic E-state index is 4.02. The second-order valence-electron chi connectivity index (χ2n) is 11.1. The minimum absolute atomic E-state index is 0.0260. The van der Waals surface area contributed by atoms with Crippen molar-refractivity contribution in [2.75, 3.05) is 5.32 Å². The molecule has 0 fully saturated rings. The van der Waals surface area contributed by atoms with Gasteiger partial charge >= 0.3 is 0 Å². The van der Waals surface area contributed by atoms with E-state index in [0.717, 1.165) is 5.69 Å². The summed E-state index contributed by atoms with van der Waals surface area (Å²) in [5.41, 5.74) is 8.57. The van der Waals surface area contributed by atoms with Gasteiger partial charge in [-0.15, -0.1) is 11.3 Å². The largest absolute Gasteiger partial charge is 0.352 e. The van der Waals surface area contributed by atoms with Gasteiger partial charge in [0.05, 0.1) is 17.1 Å². The number of para-hydroxylation sites is 2. The van der Waals surface area contributed by atoms with Gasteiger partial charge in [0, 0.05) is 36.6 Å². The van der Waals surface area contributed by atoms with Gasteiger partial charge < -0.3 is 9.88 Å². The SMILES string of the molecule is c1ccc(-c2cccc(C3NC(n4c5ccccc5c5cc6sc7ccccc7c6cc54)Nc4ccccc43)c2)cc1. The first-order valence-corrected chi connectivity index (χ1v) is 15.2. The van der Waals surface area contributed by atoms with Crippen LogP contribution in [-0.2, 0) is 0 Å². The maximum absolute atomic E-state index is 4.02. The Kier molecular flexibility index (Phi) is 5.27. The number of hydrogen-bond donors (Lipinski definition) is 2. The van der Waals surface area contributed by atoms with Crippen LogP contribution in [0.4, 0.5) is 5.69 Å². The number of aromatic nitrogens is 1. The van der Waals surface area contributed by atoms with Crippen LogP contribution in [0.15, 0.2) is 140 Å². The van der Waals surface area contributed by atoms with Crippen molar-refractivity contribution >= 4 is 59.0 Å². The number of thiophene rings is 1. The van der Waals surface area contributed by atoms with Gasteiger partial charge in [-0.2, -0.15) is 0 Å². The van der Waals surface area contributed by atoms with E-state index in [2.05, 4.69) is 155 Å². The van der Waals surface area contributed by atoms with Crippen LogP contribution >= 0.6 is 11.3 Å². The van der Waals surface area contributed by atoms with Gasteiger partial charge in [-0.3, -0.25) is 5.32 Å². The Labute approximate surface area is 247 Å². The quantitative estimate of drug-likeness (QED) is 0.226. The van der Waals surface area contributed by atoms with Crippen LogP contribution in [0.3, 0.4) is 0 Å². The lowest BCUT2D eigenvalue weighted by Gasteiger charge is -2.36. The molecule has 0 spiro atoms. The van der Waals surface area contributed by atoms with Crippen LogP contribution in [-0.4, -0.2) is 4.57 Å². The average molecular weight is 558 g/mol. The highest BCUT2D eigenvalue weighted by atomic mass is 32.1. The summed E-state index contributed by atoms with van der Waals surface area (Å²) in [7, 11) is 0. The van der Waals surface area contributed by atoms with E-state index in [1.165, 1.54) is 64.2 Å². The summed E-state index contributed by atoms with van der Waals surface area (Å²) in [6.07, 6.45) is -0.143. The van der Waals surface area contributed by atoms with E-state index < -0.39 is 0 Å². The normalized spacial score (nSPS) is 16.7. The summed E-state index contributed by atoms with van der Waals surface area (Å²) < 4.78 is 5.12. The van der Waals surface area contributed by atoms with Gasteiger partial charge in [0.25, 0.3) is 0 Å². The minimum atomic E-state index is -0.143. The Morgan fingerprint density at radius 2 is 1.29 bits per heavy atom. The molecule has 0 saturated heterocycles. The number of nitrogens with zero attached hydrogens (tertiary/aromatic N) is 1. The first-order valence-electron chi connectivity index (χ1n) is 14.4. The Bertz CT molecular complexity index is 2280. The summed E-state index contributed by atoms with van der Waals surface area (Å²) in [5.74, 6) is 0. The molecule has 0 bridgehead atoms. The molecule has 1 aliphatic rings. The highest BCUT2D eigenvalue weighted by molar-refractivity contribution is 7.25. The fourth-order valence-corrected chi connectivity index (χ4v) is 7.88. The second-order valence-corrected chi connectivity index (χ2v) is 12.2. The van der Waals surface area contributed by atoms with E-state index in [1.54, 1.807) is 0 Å². The van der Waals surface area contributed by atoms with Gasteiger partial charge in [0.15, 0.2) is 6.29 Å². The first kappa shape index (κ1) is 23.8. The van der Waals surface area contributed by atoms with Crippen LogP contribution < -0.4 is 10.6 Å². The van der Waals surface area contributed by atoms with Gasteiger partial charge in [-0.1, -0.05) is 103 Å². The predicted octanol–water partition coefficient (Wildman–Crippen LogP) is 10.1. The van der Waals surface area contributed by atoms with Crippen LogP contribution in [0.1, 0.15) is 23.5 Å². The average Bonchev–Trinajstić information content (AvgIpc) is 3.58. The van der Waals surface area contributed by atoms with Gasteiger partial charge in [-0.25, -0.2) is 0 Å². The molecule has 9 rings (SSSR count). The molecule has 1 aliphatic heterocycles. The molecule has 0 saturated carbocycles. The van der Waals surface area contributed by atoms with E-state index in [0.29, 0.717) is 0 Å². The van der Waals surface area contributed by atoms with E-state index in [-0.39, 0.29) is 12.3 Å². The number of nitrogens with one attached hydrogen (secondary N) is 2. The molecule has 2 N–H and O–H groups in total. The number of rotatable bonds is 3. The lowest BCUT2D eigenvalue weighted by molar-refractivity contribution is 0.417. The molecule has 0 amide bonds. The van der Waals surface area contributed by atoms with Crippen LogP contribution in [0.5, 0.6) is 0 Å². The maximum Gasteiger partial charge on any atom is 0.160 e. The molecule has 6 aromatic carbocycles. The molecule has 3 nitrogen and oxygen atoms in total. The van der Waals surface area contributed by atoms with Gasteiger partial charge in [-0.05, 0) is 58.7 Å². The monoisotopic (exact) mass is 557 g/mol. The third-order valence-corrected chi connectivity index (χ3v) is 9.82. The highest BCUT2D eigenvalue weighted by Gasteiger charge is 2.30. The zero-order valence-electron chi connectivity index (χ0n) is 22.8. The van der Waals surface area contributed by atoms with Gasteiger partial charge in [0.2, 0.25) is 0 Å². The lowest BCUT2D eigenvalue weighted by atomic mass is 9.93. The molecule has 200 valence electrons. The zero-order valence-corrected chi connectivity index (χ0v) is 23.6. The summed E-state index contributed by atoms with van der Waals surface area (Å²) >= 11 is 1.88. The van der Waals surface area contributed by atoms with E-state index >= 15 is 0 Å². The van der Waals surface area contributed by atoms with Crippen molar-refractivity contribution in [3.8, 4) is 11.1 Å². The van der Waals surface area contributed by atoms with Crippen LogP contribution in [0.2, 0.25) is 0 Å². The molecule has 2 aromatic heterocycles. The fraction of sp³-hybridized carbons (Fsp3) is 0.0526. The molecular formula is C38H27N3S. The summed E-state index contributed by atoms with van der Waals surface area (Å²) in [5, 5.41) is 13.1. The third-order valence-electron chi connectivity index (χ3n) is 8.68. The van der Waals surface area contributed by atoms with Crippen molar-refractivity contribution in [1.29, 1.82) is 0 Å². The van der Waals surface area contributed by atoms with Crippen molar-refractivity contribution in [2.45, 2.75) is 12.3 Å². The van der Waals surface area contributed by atoms with E-state index in [9.17, 15) is 0 Å². The first-order chi connectivity index (χ1) is 20.8. The van der Waals surface area contributed by atoms with Crippen molar-refractivity contribution in [1.82, 2.24) is 9.88 Å². The minimum Gasteiger partial charge on any atom is -0.352 e. The topological polar surface area (TPSA) is 29.0 Å². The second kappa shape index (κ2) is 9.31. The molecule has 0 aliphatic carbocycles. The fourth-order valence-electron chi connectivity index (χ4n) is 6.75. The smallest absolute Gasteiger partial charge is 0.160 e. The lowest BCUT2D eigenvalue weighted by Crippen LogP contribution is -2.40. The summed E-state index contributed by atoms with van der Waals surface area (Å²) in [4.78, 5) is 0. The number of hydrogen-bond acceptors (Lipinski definition) is 3. The Morgan fingerprint density at radius 1 is 0.524 bits per heavy atom. The standard InChI is InChI=1S/C38H27N3S/c1-2-11-24(12-3-1)25-13-10-14-26(21-25)37-29-17-4-7-18-32(29)39-38(40-37)41-33-19-8-5-15-27(33)30-23-36-31(22-34(30)41)28-16-6-9-20-35(28)42-36/h1-23,37-40H. The zero-order chi connectivity index (χ0) is 27.6. The molecule has 8 aromatic rings. The molecule has 2 atom stereocenters. The molecule has 3 heterocycles. The van der Waals surface area contributed by atoms with E-state index in [4.69, 9.17) is 0 Å². The Balaban J connectivity index is 1.25. The van der Waals surface area contributed by atoms with Crippen molar-refractivity contribution in [3.05, 3.63) is 151 Å². The number of anilines is 1. The molecule has 0 radical (unpaired) electrons. The third kappa shape index (κ3) is 3.63. The summed E-state index contributed by atoms with van der Waals surface area (Å²) in [6.45, 7) is 0. The summed E-state index contributed by atoms with van der Waals surface area (Å²) in [6, 6.07) is 50.7. The van der Waals surface area contributed by atoms with Crippen LogP contribution in [0.25, 0.3) is 53.1 Å². The van der Waals surface area contributed by atoms with E-state index in [1.807, 2.05) is 11.3 Å². The van der Waals surface area contributed by atoms with Crippen molar-refractivity contribution in [3.63, 3.8) is 0 Å².